The van der Waals surface area contributed by atoms with Crippen molar-refractivity contribution in [3.63, 3.8) is 0 Å². The number of piperazine rings is 1. The summed E-state index contributed by atoms with van der Waals surface area (Å²) in [6.45, 7) is 6.62. The molecule has 3 amide bonds. The molecule has 0 aliphatic carbocycles. The van der Waals surface area contributed by atoms with Crippen molar-refractivity contribution in [1.29, 1.82) is 0 Å². The first-order valence-electron chi connectivity index (χ1n) is 12.6. The van der Waals surface area contributed by atoms with Crippen LogP contribution in [0.25, 0.3) is 0 Å². The minimum atomic E-state index is -3.95. The molecule has 0 aromatic heterocycles. The molecule has 1 fully saturated rings. The molecular formula is C26H35N5O5S. The van der Waals surface area contributed by atoms with E-state index in [1.807, 2.05) is 6.07 Å². The lowest BCUT2D eigenvalue weighted by molar-refractivity contribution is -0.119. The number of nitrogens with one attached hydrogen (secondary N) is 2. The lowest BCUT2D eigenvalue weighted by Crippen LogP contribution is -2.46. The van der Waals surface area contributed by atoms with Crippen molar-refractivity contribution in [2.24, 2.45) is 0 Å². The highest BCUT2D eigenvalue weighted by molar-refractivity contribution is 7.90. The van der Waals surface area contributed by atoms with Gasteiger partial charge in [-0.3, -0.25) is 4.79 Å². The van der Waals surface area contributed by atoms with Gasteiger partial charge in [-0.2, -0.15) is 0 Å². The summed E-state index contributed by atoms with van der Waals surface area (Å²) in [5.74, 6) is 0.300. The predicted molar refractivity (Wildman–Crippen MR) is 143 cm³/mol. The van der Waals surface area contributed by atoms with E-state index in [4.69, 9.17) is 4.74 Å². The Bertz CT molecular complexity index is 1240. The lowest BCUT2D eigenvalue weighted by Gasteiger charge is -2.38. The van der Waals surface area contributed by atoms with Gasteiger partial charge in [0.15, 0.2) is 0 Å². The lowest BCUT2D eigenvalue weighted by atomic mass is 9.96. The number of hydrogen-bond acceptors (Lipinski definition) is 7. The first kappa shape index (κ1) is 26.7. The van der Waals surface area contributed by atoms with Crippen LogP contribution in [-0.4, -0.2) is 77.0 Å². The van der Waals surface area contributed by atoms with E-state index in [1.54, 1.807) is 18.9 Å². The SMILES string of the molecule is CCCC(=O)NS(=O)(=O)c1ccc(NC(=O)N2CCc3c(OC)ccc(N4CCN(C)CC4)c3C2)cc1. The molecule has 200 valence electrons. The van der Waals surface area contributed by atoms with E-state index in [-0.39, 0.29) is 17.3 Å². The highest BCUT2D eigenvalue weighted by Crippen LogP contribution is 2.36. The van der Waals surface area contributed by atoms with Crippen LogP contribution in [0.2, 0.25) is 0 Å². The minimum absolute atomic E-state index is 0.0363. The van der Waals surface area contributed by atoms with Crippen LogP contribution in [0.1, 0.15) is 30.9 Å². The molecule has 0 bridgehead atoms. The van der Waals surface area contributed by atoms with Crippen LogP contribution in [0.15, 0.2) is 41.3 Å². The third-order valence-electron chi connectivity index (χ3n) is 6.84. The average Bonchev–Trinajstić information content (AvgIpc) is 2.88. The number of amides is 3. The van der Waals surface area contributed by atoms with E-state index in [2.05, 4.69) is 33.0 Å². The van der Waals surface area contributed by atoms with E-state index >= 15 is 0 Å². The number of anilines is 2. The zero-order valence-electron chi connectivity index (χ0n) is 21.6. The van der Waals surface area contributed by atoms with E-state index in [0.29, 0.717) is 31.6 Å². The molecule has 2 heterocycles. The van der Waals surface area contributed by atoms with Crippen molar-refractivity contribution in [2.45, 2.75) is 37.6 Å². The number of benzene rings is 2. The summed E-state index contributed by atoms with van der Waals surface area (Å²) < 4.78 is 32.5. The Labute approximate surface area is 218 Å². The van der Waals surface area contributed by atoms with Crippen molar-refractivity contribution in [2.75, 3.05) is 57.1 Å². The molecular weight excluding hydrogens is 494 g/mol. The highest BCUT2D eigenvalue weighted by Gasteiger charge is 2.28. The topological polar surface area (TPSA) is 111 Å². The Balaban J connectivity index is 1.46. The maximum Gasteiger partial charge on any atom is 0.322 e. The average molecular weight is 530 g/mol. The fourth-order valence-electron chi connectivity index (χ4n) is 4.74. The van der Waals surface area contributed by atoms with Gasteiger partial charge in [0.25, 0.3) is 10.0 Å². The number of urea groups is 1. The van der Waals surface area contributed by atoms with Crippen LogP contribution in [0.3, 0.4) is 0 Å². The van der Waals surface area contributed by atoms with Gasteiger partial charge < -0.3 is 24.8 Å². The normalized spacial score (nSPS) is 16.2. The summed E-state index contributed by atoms with van der Waals surface area (Å²) in [6, 6.07) is 9.63. The zero-order chi connectivity index (χ0) is 26.6. The van der Waals surface area contributed by atoms with Crippen molar-refractivity contribution in [3.05, 3.63) is 47.5 Å². The number of carbonyl (C=O) groups is 2. The number of ether oxygens (including phenoxy) is 1. The molecule has 4 rings (SSSR count). The zero-order valence-corrected chi connectivity index (χ0v) is 22.4. The number of likely N-dealkylation sites (N-methyl/N-ethyl adjacent to an activating group) is 1. The fourth-order valence-corrected chi connectivity index (χ4v) is 5.76. The highest BCUT2D eigenvalue weighted by atomic mass is 32.2. The Morgan fingerprint density at radius 3 is 2.32 bits per heavy atom. The summed E-state index contributed by atoms with van der Waals surface area (Å²) in [4.78, 5) is 31.3. The van der Waals surface area contributed by atoms with Gasteiger partial charge in [0.05, 0.1) is 12.0 Å². The second-order valence-electron chi connectivity index (χ2n) is 9.44. The van der Waals surface area contributed by atoms with E-state index in [0.717, 1.165) is 48.7 Å². The van der Waals surface area contributed by atoms with Gasteiger partial charge in [-0.15, -0.1) is 0 Å². The van der Waals surface area contributed by atoms with Gasteiger partial charge in [0, 0.05) is 68.2 Å². The number of methoxy groups -OCH3 is 1. The van der Waals surface area contributed by atoms with E-state index < -0.39 is 15.9 Å². The second-order valence-corrected chi connectivity index (χ2v) is 11.1. The van der Waals surface area contributed by atoms with Gasteiger partial charge in [-0.05, 0) is 56.3 Å². The first-order chi connectivity index (χ1) is 17.7. The van der Waals surface area contributed by atoms with E-state index in [1.165, 1.54) is 24.3 Å². The Morgan fingerprint density at radius 1 is 0.973 bits per heavy atom. The number of sulfonamides is 1. The minimum Gasteiger partial charge on any atom is -0.496 e. The summed E-state index contributed by atoms with van der Waals surface area (Å²) in [6.07, 6.45) is 1.37. The molecule has 2 aliphatic rings. The van der Waals surface area contributed by atoms with E-state index in [9.17, 15) is 18.0 Å². The van der Waals surface area contributed by atoms with Crippen molar-refractivity contribution < 1.29 is 22.7 Å². The predicted octanol–water partition coefficient (Wildman–Crippen LogP) is 2.64. The first-order valence-corrected chi connectivity index (χ1v) is 14.0. The summed E-state index contributed by atoms with van der Waals surface area (Å²) in [7, 11) is -0.156. The van der Waals surface area contributed by atoms with Crippen LogP contribution in [0.5, 0.6) is 5.75 Å². The third kappa shape index (κ3) is 6.16. The molecule has 2 aromatic carbocycles. The molecule has 0 atom stereocenters. The molecule has 2 aromatic rings. The smallest absolute Gasteiger partial charge is 0.322 e. The number of carbonyl (C=O) groups excluding carboxylic acids is 2. The van der Waals surface area contributed by atoms with Crippen LogP contribution in [0, 0.1) is 0 Å². The van der Waals surface area contributed by atoms with Crippen LogP contribution in [-0.2, 0) is 27.8 Å². The molecule has 10 nitrogen and oxygen atoms in total. The van der Waals surface area contributed by atoms with Crippen LogP contribution >= 0.6 is 0 Å². The second kappa shape index (κ2) is 11.4. The number of hydrogen-bond donors (Lipinski definition) is 2. The maximum atomic E-state index is 13.1. The Kier molecular flexibility index (Phi) is 8.23. The van der Waals surface area contributed by atoms with Crippen molar-refractivity contribution >= 4 is 33.3 Å². The van der Waals surface area contributed by atoms with Gasteiger partial charge in [0.2, 0.25) is 5.91 Å². The molecule has 0 spiro atoms. The Hall–Kier alpha value is -3.31. The van der Waals surface area contributed by atoms with Gasteiger partial charge in [-0.1, -0.05) is 6.92 Å². The molecule has 2 aliphatic heterocycles. The number of rotatable bonds is 7. The molecule has 11 heteroatoms. The maximum absolute atomic E-state index is 13.1. The van der Waals surface area contributed by atoms with Crippen LogP contribution < -0.4 is 19.7 Å². The molecule has 37 heavy (non-hydrogen) atoms. The summed E-state index contributed by atoms with van der Waals surface area (Å²) in [5, 5.41) is 2.87. The van der Waals surface area contributed by atoms with Crippen LogP contribution in [0.4, 0.5) is 16.2 Å². The van der Waals surface area contributed by atoms with Gasteiger partial charge >= 0.3 is 6.03 Å². The fraction of sp³-hybridized carbons (Fsp3) is 0.462. The van der Waals surface area contributed by atoms with Gasteiger partial charge in [0.1, 0.15) is 5.75 Å². The van der Waals surface area contributed by atoms with Crippen molar-refractivity contribution in [1.82, 2.24) is 14.5 Å². The molecule has 0 radical (unpaired) electrons. The van der Waals surface area contributed by atoms with Crippen molar-refractivity contribution in [3.8, 4) is 5.75 Å². The molecule has 0 saturated carbocycles. The quantitative estimate of drug-likeness (QED) is 0.567. The number of nitrogens with zero attached hydrogens (tertiary/aromatic N) is 3. The largest absolute Gasteiger partial charge is 0.496 e. The third-order valence-corrected chi connectivity index (χ3v) is 8.23. The number of fused-ring (bicyclic) bond motifs is 1. The molecule has 0 unspecified atom stereocenters. The molecule has 1 saturated heterocycles. The van der Waals surface area contributed by atoms with Gasteiger partial charge in [-0.25, -0.2) is 17.9 Å². The molecule has 2 N–H and O–H groups in total. The standard InChI is InChI=1S/C26H35N5O5S/c1-4-5-25(32)28-37(34,35)20-8-6-19(7-9-20)27-26(33)31-13-12-21-22(18-31)23(10-11-24(21)36-3)30-16-14-29(2)15-17-30/h6-11H,4-5,12-18H2,1-3H3,(H,27,33)(H,28,32). The Morgan fingerprint density at radius 2 is 1.68 bits per heavy atom. The summed E-state index contributed by atoms with van der Waals surface area (Å²) in [5.41, 5.74) is 3.86. The monoisotopic (exact) mass is 529 g/mol. The summed E-state index contributed by atoms with van der Waals surface area (Å²) >= 11 is 0.